The molecule has 2 rings (SSSR count). The first-order valence-corrected chi connectivity index (χ1v) is 6.44. The van der Waals surface area contributed by atoms with Crippen molar-refractivity contribution >= 4 is 21.7 Å². The number of aryl methyl sites for hydroxylation is 1. The molecule has 1 atom stereocenters. The quantitative estimate of drug-likeness (QED) is 0.907. The number of halogens is 1. The fourth-order valence-electron chi connectivity index (χ4n) is 2.05. The summed E-state index contributed by atoms with van der Waals surface area (Å²) in [6.45, 7) is 5.59. The van der Waals surface area contributed by atoms with Crippen LogP contribution < -0.4 is 4.90 Å². The molecular weight excluding hydrogens is 268 g/mol. The standard InChI is InChI=1S/C12H17BrN2O/c1-3-12(16)6-7-15(8-12)11-5-4-10(13)9(2)14-11/h4-5,16H,3,6-8H2,1-2H3. The van der Waals surface area contributed by atoms with Gasteiger partial charge in [0.25, 0.3) is 0 Å². The van der Waals surface area contributed by atoms with E-state index in [9.17, 15) is 5.11 Å². The largest absolute Gasteiger partial charge is 0.388 e. The Hall–Kier alpha value is -0.610. The van der Waals surface area contributed by atoms with E-state index < -0.39 is 5.60 Å². The van der Waals surface area contributed by atoms with Crippen molar-refractivity contribution in [3.05, 3.63) is 22.3 Å². The van der Waals surface area contributed by atoms with Crippen molar-refractivity contribution in [1.82, 2.24) is 4.98 Å². The minimum atomic E-state index is -0.525. The lowest BCUT2D eigenvalue weighted by Gasteiger charge is -2.22. The molecule has 1 aliphatic heterocycles. The van der Waals surface area contributed by atoms with Crippen LogP contribution in [0.2, 0.25) is 0 Å². The maximum atomic E-state index is 10.2. The molecule has 4 heteroatoms. The number of hydrogen-bond acceptors (Lipinski definition) is 3. The molecule has 1 aromatic heterocycles. The minimum Gasteiger partial charge on any atom is -0.388 e. The van der Waals surface area contributed by atoms with Gasteiger partial charge >= 0.3 is 0 Å². The topological polar surface area (TPSA) is 36.4 Å². The summed E-state index contributed by atoms with van der Waals surface area (Å²) >= 11 is 3.44. The van der Waals surface area contributed by atoms with E-state index in [2.05, 4.69) is 25.8 Å². The molecule has 1 aliphatic rings. The van der Waals surface area contributed by atoms with Gasteiger partial charge in [-0.1, -0.05) is 6.92 Å². The van der Waals surface area contributed by atoms with Gasteiger partial charge in [0.2, 0.25) is 0 Å². The molecule has 0 radical (unpaired) electrons. The van der Waals surface area contributed by atoms with Gasteiger partial charge < -0.3 is 10.0 Å². The average molecular weight is 285 g/mol. The lowest BCUT2D eigenvalue weighted by molar-refractivity contribution is 0.0593. The number of nitrogens with zero attached hydrogens (tertiary/aromatic N) is 2. The Morgan fingerprint density at radius 1 is 1.56 bits per heavy atom. The van der Waals surface area contributed by atoms with Gasteiger partial charge in [-0.15, -0.1) is 0 Å². The lowest BCUT2D eigenvalue weighted by atomic mass is 10.0. The van der Waals surface area contributed by atoms with E-state index in [1.807, 2.05) is 26.0 Å². The van der Waals surface area contributed by atoms with Gasteiger partial charge in [0.15, 0.2) is 0 Å². The molecule has 88 valence electrons. The summed E-state index contributed by atoms with van der Waals surface area (Å²) in [5, 5.41) is 10.2. The molecular formula is C12H17BrN2O. The van der Waals surface area contributed by atoms with Gasteiger partial charge in [0.1, 0.15) is 5.82 Å². The maximum Gasteiger partial charge on any atom is 0.128 e. The summed E-state index contributed by atoms with van der Waals surface area (Å²) in [7, 11) is 0. The second kappa shape index (κ2) is 4.34. The van der Waals surface area contributed by atoms with Crippen molar-refractivity contribution in [1.29, 1.82) is 0 Å². The molecule has 0 spiro atoms. The van der Waals surface area contributed by atoms with Gasteiger partial charge in [-0.2, -0.15) is 0 Å². The highest BCUT2D eigenvalue weighted by atomic mass is 79.9. The van der Waals surface area contributed by atoms with Crippen LogP contribution in [0.25, 0.3) is 0 Å². The molecule has 16 heavy (non-hydrogen) atoms. The van der Waals surface area contributed by atoms with E-state index in [1.165, 1.54) is 0 Å². The zero-order valence-corrected chi connectivity index (χ0v) is 11.3. The van der Waals surface area contributed by atoms with Crippen LogP contribution in [0.1, 0.15) is 25.5 Å². The maximum absolute atomic E-state index is 10.2. The van der Waals surface area contributed by atoms with Gasteiger partial charge in [0, 0.05) is 17.6 Å². The number of rotatable bonds is 2. The van der Waals surface area contributed by atoms with Crippen molar-refractivity contribution in [3.63, 3.8) is 0 Å². The molecule has 1 fully saturated rings. The average Bonchev–Trinajstić information content (AvgIpc) is 2.66. The molecule has 2 heterocycles. The van der Waals surface area contributed by atoms with Crippen molar-refractivity contribution < 1.29 is 5.11 Å². The van der Waals surface area contributed by atoms with Crippen LogP contribution in [0.5, 0.6) is 0 Å². The van der Waals surface area contributed by atoms with Gasteiger partial charge in [-0.05, 0) is 47.8 Å². The molecule has 3 nitrogen and oxygen atoms in total. The summed E-state index contributed by atoms with van der Waals surface area (Å²) in [6, 6.07) is 4.01. The molecule has 1 unspecified atom stereocenters. The summed E-state index contributed by atoms with van der Waals surface area (Å²) in [6.07, 6.45) is 1.64. The third kappa shape index (κ3) is 2.23. The summed E-state index contributed by atoms with van der Waals surface area (Å²) < 4.78 is 1.03. The number of β-amino-alcohol motifs (C(OH)–C–C–N with tert-alkyl or cyclic N) is 1. The molecule has 0 bridgehead atoms. The summed E-state index contributed by atoms with van der Waals surface area (Å²) in [4.78, 5) is 6.68. The van der Waals surface area contributed by atoms with Gasteiger partial charge in [-0.25, -0.2) is 4.98 Å². The first kappa shape index (κ1) is 11.9. The highest BCUT2D eigenvalue weighted by molar-refractivity contribution is 9.10. The van der Waals surface area contributed by atoms with E-state index in [-0.39, 0.29) is 0 Å². The summed E-state index contributed by atoms with van der Waals surface area (Å²) in [5.41, 5.74) is 0.465. The zero-order chi connectivity index (χ0) is 11.8. The van der Waals surface area contributed by atoms with Crippen LogP contribution in [0.3, 0.4) is 0 Å². The van der Waals surface area contributed by atoms with E-state index in [0.717, 1.165) is 35.4 Å². The highest BCUT2D eigenvalue weighted by Gasteiger charge is 2.34. The van der Waals surface area contributed by atoms with Crippen LogP contribution in [-0.2, 0) is 0 Å². The molecule has 1 saturated heterocycles. The Labute approximate surface area is 105 Å². The Morgan fingerprint density at radius 2 is 2.31 bits per heavy atom. The third-order valence-electron chi connectivity index (χ3n) is 3.32. The third-order valence-corrected chi connectivity index (χ3v) is 4.16. The van der Waals surface area contributed by atoms with E-state index in [0.29, 0.717) is 6.54 Å². The predicted molar refractivity (Wildman–Crippen MR) is 68.7 cm³/mol. The predicted octanol–water partition coefficient (Wildman–Crippen LogP) is 2.50. The Morgan fingerprint density at radius 3 is 2.88 bits per heavy atom. The number of pyridine rings is 1. The first-order valence-electron chi connectivity index (χ1n) is 5.64. The van der Waals surface area contributed by atoms with Crippen LogP contribution in [0.4, 0.5) is 5.82 Å². The fourth-order valence-corrected chi connectivity index (χ4v) is 2.27. The van der Waals surface area contributed by atoms with E-state index in [4.69, 9.17) is 0 Å². The normalized spacial score (nSPS) is 25.1. The molecule has 1 aromatic rings. The smallest absolute Gasteiger partial charge is 0.128 e. The first-order chi connectivity index (χ1) is 7.54. The fraction of sp³-hybridized carbons (Fsp3) is 0.583. The second-order valence-electron chi connectivity index (χ2n) is 4.49. The number of hydrogen-bond donors (Lipinski definition) is 1. The lowest BCUT2D eigenvalue weighted by Crippen LogP contribution is -2.32. The van der Waals surface area contributed by atoms with Crippen LogP contribution in [-0.4, -0.2) is 28.8 Å². The molecule has 0 aliphatic carbocycles. The highest BCUT2D eigenvalue weighted by Crippen LogP contribution is 2.28. The summed E-state index contributed by atoms with van der Waals surface area (Å²) in [5.74, 6) is 0.963. The van der Waals surface area contributed by atoms with Crippen molar-refractivity contribution in [2.24, 2.45) is 0 Å². The second-order valence-corrected chi connectivity index (χ2v) is 5.34. The van der Waals surface area contributed by atoms with Crippen LogP contribution in [0.15, 0.2) is 16.6 Å². The van der Waals surface area contributed by atoms with Gasteiger partial charge in [-0.3, -0.25) is 0 Å². The molecule has 0 saturated carbocycles. The number of aliphatic hydroxyl groups is 1. The van der Waals surface area contributed by atoms with Crippen molar-refractivity contribution in [2.75, 3.05) is 18.0 Å². The van der Waals surface area contributed by atoms with Gasteiger partial charge in [0.05, 0.1) is 11.3 Å². The van der Waals surface area contributed by atoms with Crippen molar-refractivity contribution in [2.45, 2.75) is 32.3 Å². The Balaban J connectivity index is 2.17. The Bertz CT molecular complexity index is 397. The van der Waals surface area contributed by atoms with Crippen LogP contribution in [0, 0.1) is 6.92 Å². The zero-order valence-electron chi connectivity index (χ0n) is 9.70. The SMILES string of the molecule is CCC1(O)CCN(c2ccc(Br)c(C)n2)C1. The van der Waals surface area contributed by atoms with Crippen LogP contribution >= 0.6 is 15.9 Å². The van der Waals surface area contributed by atoms with E-state index in [1.54, 1.807) is 0 Å². The molecule has 1 N–H and O–H groups in total. The monoisotopic (exact) mass is 284 g/mol. The minimum absolute atomic E-state index is 0.525. The number of anilines is 1. The Kier molecular flexibility index (Phi) is 3.22. The molecule has 0 amide bonds. The molecule has 0 aromatic carbocycles. The van der Waals surface area contributed by atoms with Crippen molar-refractivity contribution in [3.8, 4) is 0 Å². The van der Waals surface area contributed by atoms with E-state index >= 15 is 0 Å². The number of aromatic nitrogens is 1.